The molecule has 8 nitrogen and oxygen atoms in total. The fourth-order valence-corrected chi connectivity index (χ4v) is 3.25. The molecule has 2 atom stereocenters. The van der Waals surface area contributed by atoms with Gasteiger partial charge in [0.2, 0.25) is 0 Å². The highest BCUT2D eigenvalue weighted by atomic mass is 32.3. The lowest BCUT2D eigenvalue weighted by Crippen LogP contribution is -2.31. The van der Waals surface area contributed by atoms with Gasteiger partial charge in [-0.1, -0.05) is 0 Å². The third-order valence-corrected chi connectivity index (χ3v) is 4.84. The molecule has 1 fully saturated rings. The van der Waals surface area contributed by atoms with E-state index < -0.39 is 43.8 Å². The van der Waals surface area contributed by atoms with Crippen LogP contribution >= 0.6 is 0 Å². The van der Waals surface area contributed by atoms with E-state index in [4.69, 9.17) is 0 Å². The molecule has 0 saturated carbocycles. The summed E-state index contributed by atoms with van der Waals surface area (Å²) in [6.45, 7) is -0.964. The van der Waals surface area contributed by atoms with Gasteiger partial charge in [-0.25, -0.2) is 13.4 Å². The summed E-state index contributed by atoms with van der Waals surface area (Å²) in [7, 11) is -9.14. The van der Waals surface area contributed by atoms with Crippen LogP contribution in [0.2, 0.25) is 0 Å². The fourth-order valence-electron chi connectivity index (χ4n) is 0.827. The first-order valence-corrected chi connectivity index (χ1v) is 6.67. The lowest BCUT2D eigenvalue weighted by Gasteiger charge is -2.09. The van der Waals surface area contributed by atoms with Crippen molar-refractivity contribution in [1.82, 2.24) is 0 Å². The molecular formula is C5H7FO8S2. The van der Waals surface area contributed by atoms with E-state index in [9.17, 15) is 26.0 Å². The van der Waals surface area contributed by atoms with Gasteiger partial charge in [-0.2, -0.15) is 16.8 Å². The van der Waals surface area contributed by atoms with Crippen molar-refractivity contribution in [1.29, 1.82) is 0 Å². The molecule has 2 unspecified atom stereocenters. The molecule has 0 bridgehead atoms. The molecule has 0 N–H and O–H groups in total. The number of carbonyl (C=O) groups is 1. The van der Waals surface area contributed by atoms with Gasteiger partial charge in [0.15, 0.2) is 6.10 Å². The number of hydrogen-bond acceptors (Lipinski definition) is 8. The largest absolute Gasteiger partial charge is 0.467 e. The summed E-state index contributed by atoms with van der Waals surface area (Å²) < 4.78 is 68.8. The maximum atomic E-state index is 13.0. The van der Waals surface area contributed by atoms with Gasteiger partial charge < -0.3 is 4.74 Å². The maximum absolute atomic E-state index is 13.0. The van der Waals surface area contributed by atoms with E-state index in [1.54, 1.807) is 0 Å². The van der Waals surface area contributed by atoms with Crippen LogP contribution in [0.4, 0.5) is 4.39 Å². The first-order valence-electron chi connectivity index (χ1n) is 3.73. The van der Waals surface area contributed by atoms with Gasteiger partial charge in [0, 0.05) is 0 Å². The third kappa shape index (κ3) is 2.48. The highest BCUT2D eigenvalue weighted by molar-refractivity contribution is 8.04. The molecule has 1 heterocycles. The molecule has 0 aliphatic carbocycles. The SMILES string of the molecule is COC(=O)C1COS(=O)(=O)C(F)S(=O)(=O)O1. The standard InChI is InChI=1S/C5H7FO8S2/c1-12-4(7)3-2-13-15(8,9)5(6)16(10,11)14-3/h3,5H,2H2,1H3. The van der Waals surface area contributed by atoms with E-state index in [1.165, 1.54) is 0 Å². The maximum Gasteiger partial charge on any atom is 0.349 e. The third-order valence-electron chi connectivity index (χ3n) is 1.55. The van der Waals surface area contributed by atoms with Crippen LogP contribution in [-0.2, 0) is 38.1 Å². The number of carbonyl (C=O) groups excluding carboxylic acids is 1. The van der Waals surface area contributed by atoms with Crippen molar-refractivity contribution in [2.75, 3.05) is 13.7 Å². The van der Waals surface area contributed by atoms with Crippen molar-refractivity contribution in [3.63, 3.8) is 0 Å². The number of ether oxygens (including phenoxy) is 1. The quantitative estimate of drug-likeness (QED) is 0.420. The summed E-state index contributed by atoms with van der Waals surface area (Å²) in [5, 5.41) is 0. The molecule has 1 aliphatic rings. The van der Waals surface area contributed by atoms with E-state index in [0.29, 0.717) is 0 Å². The molecule has 0 aromatic heterocycles. The molecule has 16 heavy (non-hydrogen) atoms. The summed E-state index contributed by atoms with van der Waals surface area (Å²) >= 11 is 0. The minimum absolute atomic E-state index is 0.921. The van der Waals surface area contributed by atoms with Gasteiger partial charge in [-0.15, -0.1) is 0 Å². The molecule has 11 heteroatoms. The van der Waals surface area contributed by atoms with Crippen LogP contribution < -0.4 is 0 Å². The molecule has 1 saturated heterocycles. The van der Waals surface area contributed by atoms with E-state index in [1.807, 2.05) is 0 Å². The van der Waals surface area contributed by atoms with Gasteiger partial charge >= 0.3 is 31.0 Å². The van der Waals surface area contributed by atoms with Gasteiger partial charge in [0.05, 0.1) is 7.11 Å². The highest BCUT2D eigenvalue weighted by Gasteiger charge is 2.47. The summed E-state index contributed by atoms with van der Waals surface area (Å²) in [6.07, 6.45) is -1.84. The van der Waals surface area contributed by atoms with Crippen molar-refractivity contribution in [3.8, 4) is 0 Å². The predicted molar refractivity (Wildman–Crippen MR) is 45.6 cm³/mol. The Hall–Kier alpha value is -0.780. The molecule has 0 radical (unpaired) electrons. The van der Waals surface area contributed by atoms with E-state index in [2.05, 4.69) is 13.1 Å². The van der Waals surface area contributed by atoms with Crippen molar-refractivity contribution in [2.45, 2.75) is 10.9 Å². The zero-order chi connectivity index (χ0) is 12.6. The Bertz CT molecular complexity index is 479. The predicted octanol–water partition coefficient (Wildman–Crippen LogP) is -1.51. The number of rotatable bonds is 1. The summed E-state index contributed by atoms with van der Waals surface area (Å²) in [5.74, 6) is -1.19. The molecule has 94 valence electrons. The lowest BCUT2D eigenvalue weighted by atomic mass is 10.4. The van der Waals surface area contributed by atoms with E-state index >= 15 is 0 Å². The number of hydrogen-bond donors (Lipinski definition) is 0. The first kappa shape index (κ1) is 13.3. The van der Waals surface area contributed by atoms with Crippen molar-refractivity contribution < 1.29 is 39.1 Å². The molecule has 0 aromatic rings. The lowest BCUT2D eigenvalue weighted by molar-refractivity contribution is -0.149. The Morgan fingerprint density at radius 1 is 1.31 bits per heavy atom. The average Bonchev–Trinajstić information content (AvgIpc) is 2.28. The van der Waals surface area contributed by atoms with E-state index in [0.717, 1.165) is 7.11 Å². The smallest absolute Gasteiger partial charge is 0.349 e. The molecule has 1 aliphatic heterocycles. The van der Waals surface area contributed by atoms with Crippen LogP contribution in [0, 0.1) is 0 Å². The Labute approximate surface area is 90.5 Å². The zero-order valence-electron chi connectivity index (χ0n) is 7.82. The Morgan fingerprint density at radius 3 is 2.38 bits per heavy atom. The molecule has 1 rings (SSSR count). The second kappa shape index (κ2) is 4.24. The van der Waals surface area contributed by atoms with Crippen LogP contribution in [0.1, 0.15) is 0 Å². The van der Waals surface area contributed by atoms with Crippen molar-refractivity contribution in [2.24, 2.45) is 0 Å². The zero-order valence-corrected chi connectivity index (χ0v) is 9.46. The summed E-state index contributed by atoms with van der Waals surface area (Å²) in [5.41, 5.74) is 0. The summed E-state index contributed by atoms with van der Waals surface area (Å²) in [6, 6.07) is 0. The average molecular weight is 278 g/mol. The van der Waals surface area contributed by atoms with Crippen molar-refractivity contribution >= 4 is 26.2 Å². The van der Waals surface area contributed by atoms with Gasteiger partial charge in [-0.05, 0) is 0 Å². The van der Waals surface area contributed by atoms with Gasteiger partial charge in [-0.3, -0.25) is 4.18 Å². The van der Waals surface area contributed by atoms with Crippen molar-refractivity contribution in [3.05, 3.63) is 0 Å². The summed E-state index contributed by atoms with van der Waals surface area (Å²) in [4.78, 5) is 7.54. The number of methoxy groups -OCH3 is 1. The van der Waals surface area contributed by atoms with Crippen LogP contribution in [0.5, 0.6) is 0 Å². The van der Waals surface area contributed by atoms with E-state index in [-0.39, 0.29) is 0 Å². The topological polar surface area (TPSA) is 113 Å². The Morgan fingerprint density at radius 2 is 1.88 bits per heavy atom. The normalized spacial score (nSPS) is 32.6. The number of halogens is 1. The minimum atomic E-state index is -5.09. The first-order chi connectivity index (χ1) is 7.20. The van der Waals surface area contributed by atoms with Crippen LogP contribution in [0.15, 0.2) is 0 Å². The second-order valence-corrected chi connectivity index (χ2v) is 6.18. The van der Waals surface area contributed by atoms with Gasteiger partial charge in [0.25, 0.3) is 0 Å². The van der Waals surface area contributed by atoms with Crippen LogP contribution in [-0.4, -0.2) is 47.5 Å². The minimum Gasteiger partial charge on any atom is -0.467 e. The van der Waals surface area contributed by atoms with Crippen LogP contribution in [0.3, 0.4) is 0 Å². The Kier molecular flexibility index (Phi) is 3.52. The number of esters is 1. The molecule has 0 aromatic carbocycles. The second-order valence-electron chi connectivity index (χ2n) is 2.65. The molecule has 0 amide bonds. The highest BCUT2D eigenvalue weighted by Crippen LogP contribution is 2.22. The monoisotopic (exact) mass is 278 g/mol. The molecular weight excluding hydrogens is 271 g/mol. The number of alkyl halides is 1. The van der Waals surface area contributed by atoms with Gasteiger partial charge in [0.1, 0.15) is 6.61 Å². The Balaban J connectivity index is 3.11. The van der Waals surface area contributed by atoms with Crippen LogP contribution in [0.25, 0.3) is 0 Å². The molecule has 0 spiro atoms. The fraction of sp³-hybridized carbons (Fsp3) is 0.800.